The zero-order valence-corrected chi connectivity index (χ0v) is 21.6. The molecule has 10 heteroatoms. The summed E-state index contributed by atoms with van der Waals surface area (Å²) in [6.45, 7) is 6.60. The van der Waals surface area contributed by atoms with Crippen LogP contribution in [0.1, 0.15) is 32.0 Å². The number of benzene rings is 2. The predicted molar refractivity (Wildman–Crippen MR) is 138 cm³/mol. The summed E-state index contributed by atoms with van der Waals surface area (Å²) in [7, 11) is 1.71. The average Bonchev–Trinajstić information content (AvgIpc) is 3.09. The van der Waals surface area contributed by atoms with Crippen molar-refractivity contribution in [1.29, 1.82) is 0 Å². The SMILES string of the molecule is Cc1c(NC(=O)C(C)OC(=O)C(NC(=O)OCc2ccccc2)C(C)C)c(=O)n(-c2ccccc2)n1C. The highest BCUT2D eigenvalue weighted by Gasteiger charge is 2.30. The first-order valence-electron chi connectivity index (χ1n) is 11.9. The number of amides is 2. The molecule has 2 N–H and O–H groups in total. The summed E-state index contributed by atoms with van der Waals surface area (Å²) in [5, 5.41) is 5.08. The molecule has 0 aliphatic rings. The number of hydrogen-bond donors (Lipinski definition) is 2. The fraction of sp³-hybridized carbons (Fsp3) is 0.333. The number of alkyl carbamates (subject to hydrolysis) is 1. The highest BCUT2D eigenvalue weighted by atomic mass is 16.6. The second-order valence-electron chi connectivity index (χ2n) is 8.93. The van der Waals surface area contributed by atoms with Gasteiger partial charge >= 0.3 is 12.1 Å². The maximum atomic E-state index is 13.0. The quantitative estimate of drug-likeness (QED) is 0.428. The minimum atomic E-state index is -1.22. The highest BCUT2D eigenvalue weighted by molar-refractivity contribution is 5.96. The van der Waals surface area contributed by atoms with Gasteiger partial charge in [0.1, 0.15) is 18.3 Å². The fourth-order valence-corrected chi connectivity index (χ4v) is 3.63. The van der Waals surface area contributed by atoms with Gasteiger partial charge in [0.15, 0.2) is 6.10 Å². The fourth-order valence-electron chi connectivity index (χ4n) is 3.63. The number of hydrogen-bond acceptors (Lipinski definition) is 6. The molecule has 2 amide bonds. The van der Waals surface area contributed by atoms with Gasteiger partial charge in [-0.05, 0) is 37.5 Å². The van der Waals surface area contributed by atoms with Crippen LogP contribution in [0.3, 0.4) is 0 Å². The lowest BCUT2D eigenvalue weighted by molar-refractivity contribution is -0.156. The van der Waals surface area contributed by atoms with Crippen LogP contribution in [-0.2, 0) is 32.7 Å². The van der Waals surface area contributed by atoms with Crippen molar-refractivity contribution in [2.24, 2.45) is 13.0 Å². The lowest BCUT2D eigenvalue weighted by Gasteiger charge is -2.22. The van der Waals surface area contributed by atoms with Crippen molar-refractivity contribution in [3.05, 3.63) is 82.3 Å². The number of ether oxygens (including phenoxy) is 2. The molecule has 3 aromatic rings. The first-order valence-corrected chi connectivity index (χ1v) is 11.9. The predicted octanol–water partition coefficient (Wildman–Crippen LogP) is 3.31. The van der Waals surface area contributed by atoms with E-state index in [1.54, 1.807) is 56.8 Å². The van der Waals surface area contributed by atoms with Gasteiger partial charge in [0.05, 0.1) is 11.4 Å². The Morgan fingerprint density at radius 1 is 0.946 bits per heavy atom. The minimum Gasteiger partial charge on any atom is -0.451 e. The standard InChI is InChI=1S/C27H32N4O6/c1-17(2)22(29-27(35)36-16-20-12-8-6-9-13-20)26(34)37-19(4)24(32)28-23-18(3)30(5)31(25(23)33)21-14-10-7-11-15-21/h6-15,17,19,22H,16H2,1-5H3,(H,28,32)(H,29,35). The van der Waals surface area contributed by atoms with Gasteiger partial charge in [-0.15, -0.1) is 0 Å². The Bertz CT molecular complexity index is 1300. The van der Waals surface area contributed by atoms with Crippen LogP contribution in [0.25, 0.3) is 5.69 Å². The molecule has 0 fully saturated rings. The number of aromatic nitrogens is 2. The topological polar surface area (TPSA) is 121 Å². The van der Waals surface area contributed by atoms with Crippen LogP contribution in [0.15, 0.2) is 65.5 Å². The van der Waals surface area contributed by atoms with Gasteiger partial charge in [0, 0.05) is 7.05 Å². The summed E-state index contributed by atoms with van der Waals surface area (Å²) in [4.78, 5) is 50.9. The number of nitrogens with one attached hydrogen (secondary N) is 2. The van der Waals surface area contributed by atoms with E-state index in [0.29, 0.717) is 11.4 Å². The Morgan fingerprint density at radius 2 is 1.54 bits per heavy atom. The lowest BCUT2D eigenvalue weighted by Crippen LogP contribution is -2.47. The van der Waals surface area contributed by atoms with Gasteiger partial charge < -0.3 is 20.1 Å². The summed E-state index contributed by atoms with van der Waals surface area (Å²) in [6.07, 6.45) is -2.00. The van der Waals surface area contributed by atoms with Crippen molar-refractivity contribution in [2.45, 2.75) is 46.4 Å². The summed E-state index contributed by atoms with van der Waals surface area (Å²) < 4.78 is 13.6. The molecule has 0 radical (unpaired) electrons. The molecule has 0 saturated heterocycles. The molecule has 1 heterocycles. The average molecular weight is 509 g/mol. The largest absolute Gasteiger partial charge is 0.451 e. The van der Waals surface area contributed by atoms with Crippen molar-refractivity contribution < 1.29 is 23.9 Å². The van der Waals surface area contributed by atoms with E-state index >= 15 is 0 Å². The molecule has 0 aliphatic carbocycles. The van der Waals surface area contributed by atoms with Gasteiger partial charge in [-0.1, -0.05) is 62.4 Å². The van der Waals surface area contributed by atoms with Crippen molar-refractivity contribution in [1.82, 2.24) is 14.7 Å². The van der Waals surface area contributed by atoms with E-state index in [4.69, 9.17) is 9.47 Å². The van der Waals surface area contributed by atoms with Gasteiger partial charge in [-0.25, -0.2) is 14.3 Å². The molecule has 2 atom stereocenters. The van der Waals surface area contributed by atoms with Crippen LogP contribution in [0, 0.1) is 12.8 Å². The van der Waals surface area contributed by atoms with Crippen molar-refractivity contribution in [3.8, 4) is 5.69 Å². The summed E-state index contributed by atoms with van der Waals surface area (Å²) >= 11 is 0. The zero-order chi connectivity index (χ0) is 27.1. The first kappa shape index (κ1) is 27.3. The Kier molecular flexibility index (Phi) is 8.89. The maximum Gasteiger partial charge on any atom is 0.408 e. The summed E-state index contributed by atoms with van der Waals surface area (Å²) in [5.41, 5.74) is 1.64. The molecule has 2 aromatic carbocycles. The third-order valence-corrected chi connectivity index (χ3v) is 5.87. The van der Waals surface area contributed by atoms with E-state index in [1.807, 2.05) is 36.4 Å². The minimum absolute atomic E-state index is 0.0439. The Labute approximate surface area is 215 Å². The second kappa shape index (κ2) is 12.1. The van der Waals surface area contributed by atoms with E-state index in [0.717, 1.165) is 5.56 Å². The van der Waals surface area contributed by atoms with Gasteiger partial charge in [-0.2, -0.15) is 0 Å². The first-order chi connectivity index (χ1) is 17.6. The monoisotopic (exact) mass is 508 g/mol. The van der Waals surface area contributed by atoms with Gasteiger partial charge in [0.2, 0.25) is 0 Å². The maximum absolute atomic E-state index is 13.0. The second-order valence-corrected chi connectivity index (χ2v) is 8.93. The number of anilines is 1. The van der Waals surface area contributed by atoms with Crippen molar-refractivity contribution in [2.75, 3.05) is 5.32 Å². The van der Waals surface area contributed by atoms with Gasteiger partial charge in [0.25, 0.3) is 11.5 Å². The number of para-hydroxylation sites is 1. The molecule has 0 aliphatic heterocycles. The van der Waals surface area contributed by atoms with Crippen LogP contribution in [0.2, 0.25) is 0 Å². The molecule has 37 heavy (non-hydrogen) atoms. The number of carbonyl (C=O) groups is 3. The Balaban J connectivity index is 1.63. The van der Waals surface area contributed by atoms with Crippen molar-refractivity contribution >= 4 is 23.7 Å². The van der Waals surface area contributed by atoms with E-state index in [1.165, 1.54) is 11.6 Å². The van der Waals surface area contributed by atoms with Crippen LogP contribution < -0.4 is 16.2 Å². The van der Waals surface area contributed by atoms with Crippen LogP contribution in [0.4, 0.5) is 10.5 Å². The number of esters is 1. The Hall–Kier alpha value is -4.34. The molecule has 3 rings (SSSR count). The van der Waals surface area contributed by atoms with Crippen LogP contribution in [-0.4, -0.2) is 39.5 Å². The molecular formula is C27H32N4O6. The summed E-state index contributed by atoms with van der Waals surface area (Å²) in [6, 6.07) is 17.1. The highest BCUT2D eigenvalue weighted by Crippen LogP contribution is 2.15. The molecule has 0 saturated carbocycles. The number of rotatable bonds is 9. The van der Waals surface area contributed by atoms with Crippen molar-refractivity contribution in [3.63, 3.8) is 0 Å². The smallest absolute Gasteiger partial charge is 0.408 e. The van der Waals surface area contributed by atoms with Crippen LogP contribution >= 0.6 is 0 Å². The molecule has 2 unspecified atom stereocenters. The van der Waals surface area contributed by atoms with Gasteiger partial charge in [-0.3, -0.25) is 14.3 Å². The molecular weight excluding hydrogens is 476 g/mol. The summed E-state index contributed by atoms with van der Waals surface area (Å²) in [5.74, 6) is -1.80. The van der Waals surface area contributed by atoms with Crippen LogP contribution in [0.5, 0.6) is 0 Å². The Morgan fingerprint density at radius 3 is 2.14 bits per heavy atom. The third kappa shape index (κ3) is 6.66. The number of nitrogens with zero attached hydrogens (tertiary/aromatic N) is 2. The molecule has 10 nitrogen and oxygen atoms in total. The normalized spacial score (nSPS) is 12.5. The van der Waals surface area contributed by atoms with E-state index in [-0.39, 0.29) is 18.2 Å². The van der Waals surface area contributed by atoms with E-state index in [9.17, 15) is 19.2 Å². The molecule has 0 bridgehead atoms. The molecule has 196 valence electrons. The lowest BCUT2D eigenvalue weighted by atomic mass is 10.1. The van der Waals surface area contributed by atoms with E-state index in [2.05, 4.69) is 10.6 Å². The molecule has 1 aromatic heterocycles. The molecule has 0 spiro atoms. The van der Waals surface area contributed by atoms with E-state index < -0.39 is 35.7 Å². The third-order valence-electron chi connectivity index (χ3n) is 5.87. The zero-order valence-electron chi connectivity index (χ0n) is 21.6. The number of carbonyl (C=O) groups excluding carboxylic acids is 3.